The normalized spacial score (nSPS) is 11.0. The van der Waals surface area contributed by atoms with Crippen LogP contribution in [0, 0.1) is 6.92 Å². The fraction of sp³-hybridized carbons (Fsp3) is 0.775. The van der Waals surface area contributed by atoms with E-state index in [1.807, 2.05) is 19.1 Å². The van der Waals surface area contributed by atoms with Gasteiger partial charge in [0.2, 0.25) is 11.8 Å². The second-order valence-electron chi connectivity index (χ2n) is 13.4. The first-order valence-corrected chi connectivity index (χ1v) is 19.4. The number of carbonyl (C=O) groups is 3. The second-order valence-corrected chi connectivity index (χ2v) is 13.4. The monoisotopic (exact) mass is 643 g/mol. The molecular weight excluding hydrogens is 572 g/mol. The molecule has 2 amide bonds. The smallest absolute Gasteiger partial charge is 0.311 e. The predicted molar refractivity (Wildman–Crippen MR) is 196 cm³/mol. The molecule has 0 saturated carbocycles. The molecule has 0 fully saturated rings. The lowest BCUT2D eigenvalue weighted by atomic mass is 10.1. The molecule has 0 aliphatic heterocycles. The van der Waals surface area contributed by atoms with Crippen molar-refractivity contribution in [3.05, 3.63) is 17.7 Å². The molecule has 0 heterocycles. The summed E-state index contributed by atoms with van der Waals surface area (Å²) in [6.07, 6.45) is 29.1. The molecule has 2 N–H and O–H groups in total. The third kappa shape index (κ3) is 22.2. The molecule has 1 rings (SSSR count). The minimum absolute atomic E-state index is 0.0897. The van der Waals surface area contributed by atoms with E-state index in [-0.39, 0.29) is 23.5 Å². The number of unbranched alkanes of at least 4 members (excludes halogenated alkanes) is 21. The molecule has 0 aliphatic rings. The summed E-state index contributed by atoms with van der Waals surface area (Å²) in [6, 6.07) is 3.66. The standard InChI is InChI=1S/C40H70N2O4/c1-5-8-11-14-17-20-23-26-29-37(43)41-35-32-34(4)33-36(42-38(44)30-27-24-21-18-15-12-9-6-2)40(35)46-39(45)31-28-25-22-19-16-13-10-7-3/h32-33H,5-31H2,1-4H3,(H,41,43)(H,42,44). The maximum absolute atomic E-state index is 13.0. The molecule has 0 saturated heterocycles. The Bertz CT molecular complexity index is 890. The van der Waals surface area contributed by atoms with Crippen LogP contribution in [0.1, 0.15) is 200 Å². The average molecular weight is 643 g/mol. The van der Waals surface area contributed by atoms with Crippen molar-refractivity contribution in [3.8, 4) is 5.75 Å². The third-order valence-electron chi connectivity index (χ3n) is 8.75. The van der Waals surface area contributed by atoms with Crippen molar-refractivity contribution >= 4 is 29.2 Å². The van der Waals surface area contributed by atoms with Crippen LogP contribution in [0.4, 0.5) is 11.4 Å². The first-order chi connectivity index (χ1) is 22.4. The quantitative estimate of drug-likeness (QED) is 0.0497. The zero-order valence-corrected chi connectivity index (χ0v) is 30.4. The van der Waals surface area contributed by atoms with Crippen LogP contribution in [0.15, 0.2) is 12.1 Å². The molecule has 0 radical (unpaired) electrons. The van der Waals surface area contributed by atoms with E-state index in [1.54, 1.807) is 0 Å². The molecule has 0 atom stereocenters. The van der Waals surface area contributed by atoms with E-state index in [2.05, 4.69) is 31.4 Å². The molecule has 6 heteroatoms. The van der Waals surface area contributed by atoms with E-state index in [1.165, 1.54) is 96.3 Å². The fourth-order valence-electron chi connectivity index (χ4n) is 5.90. The minimum Gasteiger partial charge on any atom is -0.422 e. The average Bonchev–Trinajstić information content (AvgIpc) is 3.02. The Hall–Kier alpha value is -2.37. The van der Waals surface area contributed by atoms with Gasteiger partial charge >= 0.3 is 5.97 Å². The summed E-state index contributed by atoms with van der Waals surface area (Å²) >= 11 is 0. The van der Waals surface area contributed by atoms with Gasteiger partial charge in [0.15, 0.2) is 5.75 Å². The summed E-state index contributed by atoms with van der Waals surface area (Å²) in [6.45, 7) is 8.60. The van der Waals surface area contributed by atoms with Crippen LogP contribution in [0.5, 0.6) is 5.75 Å². The van der Waals surface area contributed by atoms with E-state index in [9.17, 15) is 14.4 Å². The van der Waals surface area contributed by atoms with Gasteiger partial charge in [-0.1, -0.05) is 156 Å². The molecule has 1 aromatic carbocycles. The highest BCUT2D eigenvalue weighted by atomic mass is 16.5. The Kier molecular flexibility index (Phi) is 26.1. The largest absolute Gasteiger partial charge is 0.422 e. The molecule has 0 aliphatic carbocycles. The molecule has 0 spiro atoms. The zero-order chi connectivity index (χ0) is 33.7. The van der Waals surface area contributed by atoms with Crippen molar-refractivity contribution in [1.82, 2.24) is 0 Å². The number of benzene rings is 1. The van der Waals surface area contributed by atoms with Crippen molar-refractivity contribution in [2.75, 3.05) is 10.6 Å². The van der Waals surface area contributed by atoms with Gasteiger partial charge in [-0.15, -0.1) is 0 Å². The Labute approximate surface area is 283 Å². The maximum Gasteiger partial charge on any atom is 0.311 e. The fourth-order valence-corrected chi connectivity index (χ4v) is 5.90. The van der Waals surface area contributed by atoms with Gasteiger partial charge in [-0.25, -0.2) is 0 Å². The van der Waals surface area contributed by atoms with E-state index in [0.29, 0.717) is 30.6 Å². The van der Waals surface area contributed by atoms with Crippen LogP contribution in [0.25, 0.3) is 0 Å². The number of aryl methyl sites for hydroxylation is 1. The van der Waals surface area contributed by atoms with Crippen LogP contribution in [-0.4, -0.2) is 17.8 Å². The molecular formula is C40H70N2O4. The number of ether oxygens (including phenoxy) is 1. The molecule has 46 heavy (non-hydrogen) atoms. The van der Waals surface area contributed by atoms with Crippen LogP contribution >= 0.6 is 0 Å². The Morgan fingerprint density at radius 2 is 0.783 bits per heavy atom. The number of hydrogen-bond donors (Lipinski definition) is 2. The SMILES string of the molecule is CCCCCCCCCCC(=O)Nc1cc(C)cc(NC(=O)CCCCCCCCCC)c1OC(=O)CCCCCCCCCC. The predicted octanol–water partition coefficient (Wildman–Crippen LogP) is 12.4. The van der Waals surface area contributed by atoms with Crippen molar-refractivity contribution in [2.24, 2.45) is 0 Å². The highest BCUT2D eigenvalue weighted by Gasteiger charge is 2.19. The number of rotatable bonds is 30. The van der Waals surface area contributed by atoms with Crippen molar-refractivity contribution in [3.63, 3.8) is 0 Å². The molecule has 0 aromatic heterocycles. The van der Waals surface area contributed by atoms with Crippen molar-refractivity contribution in [1.29, 1.82) is 0 Å². The lowest BCUT2D eigenvalue weighted by Crippen LogP contribution is -2.18. The van der Waals surface area contributed by atoms with Gasteiger partial charge in [-0.05, 0) is 43.9 Å². The van der Waals surface area contributed by atoms with Crippen molar-refractivity contribution in [2.45, 2.75) is 201 Å². The molecule has 0 unspecified atom stereocenters. The van der Waals surface area contributed by atoms with Gasteiger partial charge in [0, 0.05) is 19.3 Å². The first kappa shape index (κ1) is 41.7. The number of carbonyl (C=O) groups excluding carboxylic acids is 3. The number of anilines is 2. The van der Waals surface area contributed by atoms with Gasteiger partial charge < -0.3 is 15.4 Å². The van der Waals surface area contributed by atoms with Gasteiger partial charge in [-0.2, -0.15) is 0 Å². The molecule has 264 valence electrons. The van der Waals surface area contributed by atoms with Gasteiger partial charge in [-0.3, -0.25) is 14.4 Å². The van der Waals surface area contributed by atoms with Crippen LogP contribution in [0.2, 0.25) is 0 Å². The summed E-state index contributed by atoms with van der Waals surface area (Å²) < 4.78 is 5.90. The van der Waals surface area contributed by atoms with Gasteiger partial charge in [0.1, 0.15) is 0 Å². The maximum atomic E-state index is 13.0. The number of amides is 2. The zero-order valence-electron chi connectivity index (χ0n) is 30.4. The Balaban J connectivity index is 2.76. The van der Waals surface area contributed by atoms with E-state index in [0.717, 1.165) is 63.4 Å². The Morgan fingerprint density at radius 1 is 0.478 bits per heavy atom. The lowest BCUT2D eigenvalue weighted by molar-refractivity contribution is -0.134. The topological polar surface area (TPSA) is 84.5 Å². The highest BCUT2D eigenvalue weighted by molar-refractivity contribution is 5.98. The number of nitrogens with one attached hydrogen (secondary N) is 2. The third-order valence-corrected chi connectivity index (χ3v) is 8.75. The van der Waals surface area contributed by atoms with Crippen LogP contribution < -0.4 is 15.4 Å². The van der Waals surface area contributed by atoms with E-state index in [4.69, 9.17) is 4.74 Å². The summed E-state index contributed by atoms with van der Waals surface area (Å²) in [5.41, 5.74) is 1.79. The number of hydrogen-bond acceptors (Lipinski definition) is 4. The van der Waals surface area contributed by atoms with Crippen LogP contribution in [0.3, 0.4) is 0 Å². The number of esters is 1. The van der Waals surface area contributed by atoms with Crippen LogP contribution in [-0.2, 0) is 14.4 Å². The van der Waals surface area contributed by atoms with E-state index < -0.39 is 0 Å². The lowest BCUT2D eigenvalue weighted by Gasteiger charge is -2.17. The van der Waals surface area contributed by atoms with Crippen molar-refractivity contribution < 1.29 is 19.1 Å². The summed E-state index contributed by atoms with van der Waals surface area (Å²) in [5.74, 6) is -0.253. The molecule has 6 nitrogen and oxygen atoms in total. The summed E-state index contributed by atoms with van der Waals surface area (Å²) in [5, 5.41) is 6.01. The molecule has 1 aromatic rings. The van der Waals surface area contributed by atoms with Gasteiger partial charge in [0.05, 0.1) is 11.4 Å². The minimum atomic E-state index is -0.327. The molecule has 0 bridgehead atoms. The second kappa shape index (κ2) is 28.8. The summed E-state index contributed by atoms with van der Waals surface area (Å²) in [4.78, 5) is 38.9. The van der Waals surface area contributed by atoms with E-state index >= 15 is 0 Å². The highest BCUT2D eigenvalue weighted by Crippen LogP contribution is 2.36. The van der Waals surface area contributed by atoms with Gasteiger partial charge in [0.25, 0.3) is 0 Å². The Morgan fingerprint density at radius 3 is 1.13 bits per heavy atom. The summed E-state index contributed by atoms with van der Waals surface area (Å²) in [7, 11) is 0. The first-order valence-electron chi connectivity index (χ1n) is 19.4.